The van der Waals surface area contributed by atoms with Crippen molar-refractivity contribution in [3.8, 4) is 0 Å². The molecule has 1 rings (SSSR count). The van der Waals surface area contributed by atoms with Crippen LogP contribution >= 0.6 is 0 Å². The fraction of sp³-hybridized carbons (Fsp3) is 1.00. The molecule has 0 radical (unpaired) electrons. The van der Waals surface area contributed by atoms with Gasteiger partial charge in [-0.05, 0) is 44.1 Å². The van der Waals surface area contributed by atoms with Crippen molar-refractivity contribution in [2.24, 2.45) is 11.8 Å². The predicted molar refractivity (Wildman–Crippen MR) is 77.3 cm³/mol. The summed E-state index contributed by atoms with van der Waals surface area (Å²) in [7, 11) is 0. The van der Waals surface area contributed by atoms with Gasteiger partial charge in [-0.2, -0.15) is 0 Å². The van der Waals surface area contributed by atoms with E-state index in [-0.39, 0.29) is 0 Å². The summed E-state index contributed by atoms with van der Waals surface area (Å²) in [6.45, 7) is 8.26. The molecule has 0 heterocycles. The Bertz CT molecular complexity index is 172. The minimum atomic E-state index is 0.793. The van der Waals surface area contributed by atoms with E-state index in [2.05, 4.69) is 26.1 Å². The first-order chi connectivity index (χ1) is 8.29. The van der Waals surface area contributed by atoms with Crippen molar-refractivity contribution in [1.29, 1.82) is 0 Å². The predicted octanol–water partition coefficient (Wildman–Crippen LogP) is 4.76. The molecule has 1 saturated carbocycles. The van der Waals surface area contributed by atoms with E-state index in [4.69, 9.17) is 0 Å². The maximum Gasteiger partial charge on any atom is 0.0121 e. The van der Waals surface area contributed by atoms with Gasteiger partial charge in [0.25, 0.3) is 0 Å². The smallest absolute Gasteiger partial charge is 0.0121 e. The highest BCUT2D eigenvalue weighted by atomic mass is 14.9. The van der Waals surface area contributed by atoms with E-state index in [1.54, 1.807) is 0 Å². The Morgan fingerprint density at radius 1 is 1.06 bits per heavy atom. The third-order valence-electron chi connectivity index (χ3n) is 4.41. The Labute approximate surface area is 109 Å². The lowest BCUT2D eigenvalue weighted by Gasteiger charge is -2.35. The molecule has 1 heteroatoms. The van der Waals surface area contributed by atoms with Crippen LogP contribution in [0.15, 0.2) is 0 Å². The van der Waals surface area contributed by atoms with Gasteiger partial charge in [0.2, 0.25) is 0 Å². The van der Waals surface area contributed by atoms with E-state index in [0.29, 0.717) is 0 Å². The summed E-state index contributed by atoms with van der Waals surface area (Å²) in [4.78, 5) is 0. The maximum atomic E-state index is 3.85. The van der Waals surface area contributed by atoms with Gasteiger partial charge in [0.15, 0.2) is 0 Å². The summed E-state index contributed by atoms with van der Waals surface area (Å²) in [6, 6.07) is 0.793. The van der Waals surface area contributed by atoms with Crippen LogP contribution in [-0.2, 0) is 0 Å². The summed E-state index contributed by atoms with van der Waals surface area (Å²) in [5.41, 5.74) is 0. The molecule has 2 atom stereocenters. The van der Waals surface area contributed by atoms with Crippen LogP contribution in [0.2, 0.25) is 0 Å². The zero-order chi connectivity index (χ0) is 12.5. The monoisotopic (exact) mass is 239 g/mol. The van der Waals surface area contributed by atoms with Crippen LogP contribution in [0.1, 0.15) is 78.6 Å². The lowest BCUT2D eigenvalue weighted by atomic mass is 9.78. The normalized spacial score (nSPS) is 21.4. The molecule has 2 unspecified atom stereocenters. The van der Waals surface area contributed by atoms with Crippen molar-refractivity contribution < 1.29 is 0 Å². The van der Waals surface area contributed by atoms with Gasteiger partial charge in [-0.15, -0.1) is 0 Å². The van der Waals surface area contributed by atoms with Crippen molar-refractivity contribution in [3.63, 3.8) is 0 Å². The van der Waals surface area contributed by atoms with Crippen LogP contribution in [0.5, 0.6) is 0 Å². The lowest BCUT2D eigenvalue weighted by molar-refractivity contribution is 0.206. The van der Waals surface area contributed by atoms with Crippen molar-refractivity contribution in [3.05, 3.63) is 0 Å². The van der Waals surface area contributed by atoms with Crippen LogP contribution < -0.4 is 5.32 Å². The molecule has 1 nitrogen and oxygen atoms in total. The van der Waals surface area contributed by atoms with E-state index < -0.39 is 0 Å². The van der Waals surface area contributed by atoms with Crippen LogP contribution in [-0.4, -0.2) is 12.6 Å². The maximum absolute atomic E-state index is 3.85. The minimum Gasteiger partial charge on any atom is -0.313 e. The van der Waals surface area contributed by atoms with Gasteiger partial charge in [0, 0.05) is 6.04 Å². The first kappa shape index (κ1) is 15.0. The van der Waals surface area contributed by atoms with Crippen molar-refractivity contribution in [1.82, 2.24) is 5.32 Å². The van der Waals surface area contributed by atoms with Crippen LogP contribution in [0, 0.1) is 11.8 Å². The largest absolute Gasteiger partial charge is 0.313 e. The van der Waals surface area contributed by atoms with Crippen molar-refractivity contribution >= 4 is 0 Å². The minimum absolute atomic E-state index is 0.793. The molecule has 0 aromatic heterocycles. The van der Waals surface area contributed by atoms with Gasteiger partial charge < -0.3 is 5.32 Å². The molecule has 1 aliphatic rings. The molecular formula is C16H33N. The third-order valence-corrected chi connectivity index (χ3v) is 4.41. The van der Waals surface area contributed by atoms with Gasteiger partial charge in [0.05, 0.1) is 0 Å². The van der Waals surface area contributed by atoms with Crippen LogP contribution in [0.3, 0.4) is 0 Å². The van der Waals surface area contributed by atoms with Crippen molar-refractivity contribution in [2.45, 2.75) is 84.6 Å². The van der Waals surface area contributed by atoms with Gasteiger partial charge in [-0.3, -0.25) is 0 Å². The van der Waals surface area contributed by atoms with E-state index in [1.807, 2.05) is 0 Å². The molecule has 17 heavy (non-hydrogen) atoms. The average Bonchev–Trinajstić information content (AvgIpc) is 2.38. The molecule has 0 bridgehead atoms. The fourth-order valence-corrected chi connectivity index (χ4v) is 3.34. The first-order valence-corrected chi connectivity index (χ1v) is 8.03. The SMILES string of the molecule is CCCCC(C)C(NCCC)C1CCCCC1. The molecule has 0 saturated heterocycles. The van der Waals surface area contributed by atoms with Gasteiger partial charge in [-0.25, -0.2) is 0 Å². The quantitative estimate of drug-likeness (QED) is 0.644. The summed E-state index contributed by atoms with van der Waals surface area (Å²) < 4.78 is 0. The fourth-order valence-electron chi connectivity index (χ4n) is 3.34. The topological polar surface area (TPSA) is 12.0 Å². The molecule has 0 amide bonds. The summed E-state index contributed by atoms with van der Waals surface area (Å²) in [5.74, 6) is 1.83. The average molecular weight is 239 g/mol. The second kappa shape index (κ2) is 8.97. The van der Waals surface area contributed by atoms with Gasteiger partial charge in [0.1, 0.15) is 0 Å². The van der Waals surface area contributed by atoms with Gasteiger partial charge in [-0.1, -0.05) is 52.9 Å². The van der Waals surface area contributed by atoms with Crippen molar-refractivity contribution in [2.75, 3.05) is 6.54 Å². The molecular weight excluding hydrogens is 206 g/mol. The zero-order valence-corrected chi connectivity index (χ0v) is 12.3. The van der Waals surface area contributed by atoms with Gasteiger partial charge >= 0.3 is 0 Å². The molecule has 0 aromatic carbocycles. The van der Waals surface area contributed by atoms with E-state index in [1.165, 1.54) is 64.3 Å². The molecule has 1 aliphatic carbocycles. The molecule has 1 N–H and O–H groups in total. The number of unbranched alkanes of at least 4 members (excludes halogenated alkanes) is 1. The highest BCUT2D eigenvalue weighted by Crippen LogP contribution is 2.31. The Morgan fingerprint density at radius 3 is 2.35 bits per heavy atom. The number of rotatable bonds is 8. The standard InChI is InChI=1S/C16H33N/c1-4-6-10-14(3)16(17-13-5-2)15-11-8-7-9-12-15/h14-17H,4-13H2,1-3H3. The molecule has 0 aliphatic heterocycles. The Kier molecular flexibility index (Phi) is 7.92. The summed E-state index contributed by atoms with van der Waals surface area (Å²) in [5, 5.41) is 3.85. The summed E-state index contributed by atoms with van der Waals surface area (Å²) >= 11 is 0. The number of nitrogens with one attached hydrogen (secondary N) is 1. The summed E-state index contributed by atoms with van der Waals surface area (Å²) in [6.07, 6.45) is 12.8. The van der Waals surface area contributed by atoms with E-state index >= 15 is 0 Å². The Hall–Kier alpha value is -0.0400. The molecule has 102 valence electrons. The molecule has 0 spiro atoms. The second-order valence-corrected chi connectivity index (χ2v) is 6.00. The highest BCUT2D eigenvalue weighted by Gasteiger charge is 2.27. The Balaban J connectivity index is 2.44. The van der Waals surface area contributed by atoms with Crippen LogP contribution in [0.25, 0.3) is 0 Å². The lowest BCUT2D eigenvalue weighted by Crippen LogP contribution is -2.42. The number of hydrogen-bond donors (Lipinski definition) is 1. The van der Waals surface area contributed by atoms with Crippen LogP contribution in [0.4, 0.5) is 0 Å². The first-order valence-electron chi connectivity index (χ1n) is 8.03. The van der Waals surface area contributed by atoms with E-state index in [9.17, 15) is 0 Å². The Morgan fingerprint density at radius 2 is 1.76 bits per heavy atom. The molecule has 1 fully saturated rings. The highest BCUT2D eigenvalue weighted by molar-refractivity contribution is 4.83. The van der Waals surface area contributed by atoms with E-state index in [0.717, 1.165) is 17.9 Å². The third kappa shape index (κ3) is 5.42. The second-order valence-electron chi connectivity index (χ2n) is 6.00. The number of hydrogen-bond acceptors (Lipinski definition) is 1. The zero-order valence-electron chi connectivity index (χ0n) is 12.3. The molecule has 0 aromatic rings.